The second kappa shape index (κ2) is 9.27. The number of allylic oxidation sites excluding steroid dienone is 4. The molecule has 170 valence electrons. The Kier molecular flexibility index (Phi) is 6.25. The molecule has 2 fully saturated rings. The highest BCUT2D eigenvalue weighted by molar-refractivity contribution is 5.81. The van der Waals surface area contributed by atoms with E-state index in [0.717, 1.165) is 6.42 Å². The third kappa shape index (κ3) is 4.78. The standard InChI is InChI=1S/C29H37NO.3H2/c1-20-14-25-11-5-13-28(25)29(30-19-20)26-12-4-10-24(18-26)23-9-3-8-22(15-23)17-27(31)16-21-6-2-7-21;;;/h3,5,8-9,13,15,19-21,24-26H,2,4,6-7,10-12,14,16-18H2,1H3;3*1H. The van der Waals surface area contributed by atoms with E-state index in [4.69, 9.17) is 4.99 Å². The topological polar surface area (TPSA) is 29.4 Å². The minimum absolute atomic E-state index is 0. The zero-order valence-corrected chi connectivity index (χ0v) is 19.1. The fourth-order valence-electron chi connectivity index (χ4n) is 6.29. The van der Waals surface area contributed by atoms with Crippen LogP contribution in [0.15, 0.2) is 52.7 Å². The third-order valence-electron chi connectivity index (χ3n) is 8.20. The minimum atomic E-state index is 0. The molecule has 1 heterocycles. The van der Waals surface area contributed by atoms with Crippen molar-refractivity contribution in [3.8, 4) is 0 Å². The highest BCUT2D eigenvalue weighted by atomic mass is 16.1. The fraction of sp³-hybridized carbons (Fsp3) is 0.586. The van der Waals surface area contributed by atoms with Crippen molar-refractivity contribution in [3.05, 3.63) is 58.8 Å². The Labute approximate surface area is 192 Å². The Morgan fingerprint density at radius 1 is 1.06 bits per heavy atom. The van der Waals surface area contributed by atoms with Crippen molar-refractivity contribution < 1.29 is 9.07 Å². The molecule has 2 heteroatoms. The number of hydrogen-bond acceptors (Lipinski definition) is 2. The lowest BCUT2D eigenvalue weighted by Gasteiger charge is -2.31. The molecule has 1 aromatic carbocycles. The summed E-state index contributed by atoms with van der Waals surface area (Å²) in [6, 6.07) is 8.95. The van der Waals surface area contributed by atoms with Gasteiger partial charge in [0, 0.05) is 35.0 Å². The number of Topliss-reactive ketones (excluding diaryl/α,β-unsaturated/α-hetero) is 1. The van der Waals surface area contributed by atoms with Crippen LogP contribution >= 0.6 is 0 Å². The van der Waals surface area contributed by atoms with Gasteiger partial charge in [0.1, 0.15) is 5.78 Å². The average molecular weight is 422 g/mol. The molecular formula is C29H43NO. The van der Waals surface area contributed by atoms with E-state index >= 15 is 0 Å². The van der Waals surface area contributed by atoms with Crippen molar-refractivity contribution in [2.75, 3.05) is 0 Å². The van der Waals surface area contributed by atoms with Gasteiger partial charge in [-0.2, -0.15) is 0 Å². The van der Waals surface area contributed by atoms with Crippen molar-refractivity contribution >= 4 is 12.0 Å². The summed E-state index contributed by atoms with van der Waals surface area (Å²) in [4.78, 5) is 17.6. The van der Waals surface area contributed by atoms with Gasteiger partial charge in [-0.05, 0) is 72.5 Å². The van der Waals surface area contributed by atoms with Gasteiger partial charge in [-0.3, -0.25) is 9.79 Å². The number of carbonyl (C=O) groups is 1. The number of hydrogen-bond donors (Lipinski definition) is 0. The molecule has 0 bridgehead atoms. The van der Waals surface area contributed by atoms with Crippen LogP contribution in [-0.2, 0) is 11.2 Å². The van der Waals surface area contributed by atoms with Crippen molar-refractivity contribution in [2.24, 2.45) is 28.7 Å². The summed E-state index contributed by atoms with van der Waals surface area (Å²) in [7, 11) is 0. The predicted octanol–water partition coefficient (Wildman–Crippen LogP) is 7.94. The maximum atomic E-state index is 12.5. The van der Waals surface area contributed by atoms with Crippen molar-refractivity contribution in [2.45, 2.75) is 83.5 Å². The maximum absolute atomic E-state index is 12.5. The van der Waals surface area contributed by atoms with E-state index in [9.17, 15) is 4.79 Å². The van der Waals surface area contributed by atoms with Crippen molar-refractivity contribution in [1.82, 2.24) is 0 Å². The Bertz CT molecular complexity index is 918. The molecule has 1 aromatic rings. The molecule has 2 saturated carbocycles. The molecule has 3 aliphatic carbocycles. The second-order valence-electron chi connectivity index (χ2n) is 10.7. The molecule has 0 amide bonds. The normalized spacial score (nSPS) is 30.7. The van der Waals surface area contributed by atoms with Gasteiger partial charge < -0.3 is 0 Å². The van der Waals surface area contributed by atoms with Gasteiger partial charge in [0.25, 0.3) is 0 Å². The summed E-state index contributed by atoms with van der Waals surface area (Å²) < 4.78 is 0. The van der Waals surface area contributed by atoms with Crippen LogP contribution in [0.1, 0.15) is 92.5 Å². The van der Waals surface area contributed by atoms with Gasteiger partial charge in [0.2, 0.25) is 0 Å². The molecule has 0 aromatic heterocycles. The fourth-order valence-corrected chi connectivity index (χ4v) is 6.29. The van der Waals surface area contributed by atoms with E-state index < -0.39 is 0 Å². The summed E-state index contributed by atoms with van der Waals surface area (Å²) in [5, 5.41) is 0. The van der Waals surface area contributed by atoms with E-state index in [1.807, 2.05) is 0 Å². The SMILES string of the molecule is CC1C=NC(C2CCCC(c3cccc(CC(=O)CC4CCC4)c3)C2)=C2C=CCC2C1.[HH].[HH].[HH]. The molecule has 0 saturated heterocycles. The van der Waals surface area contributed by atoms with Gasteiger partial charge in [0.05, 0.1) is 0 Å². The first kappa shape index (κ1) is 20.9. The number of benzene rings is 1. The van der Waals surface area contributed by atoms with Crippen LogP contribution in [-0.4, -0.2) is 12.0 Å². The molecule has 4 aliphatic rings. The Morgan fingerprint density at radius 3 is 2.74 bits per heavy atom. The largest absolute Gasteiger partial charge is 0.299 e. The Morgan fingerprint density at radius 2 is 1.90 bits per heavy atom. The van der Waals surface area contributed by atoms with E-state index in [1.165, 1.54) is 80.2 Å². The molecule has 4 unspecified atom stereocenters. The first-order valence-corrected chi connectivity index (χ1v) is 12.7. The van der Waals surface area contributed by atoms with Gasteiger partial charge in [-0.25, -0.2) is 0 Å². The van der Waals surface area contributed by atoms with Crippen LogP contribution in [0.25, 0.3) is 0 Å². The number of carbonyl (C=O) groups excluding carboxylic acids is 1. The Hall–Kier alpha value is -1.96. The number of fused-ring (bicyclic) bond motifs is 1. The zero-order valence-electron chi connectivity index (χ0n) is 19.1. The predicted molar refractivity (Wildman–Crippen MR) is 135 cm³/mol. The van der Waals surface area contributed by atoms with Crippen molar-refractivity contribution in [1.29, 1.82) is 0 Å². The number of rotatable bonds is 6. The van der Waals surface area contributed by atoms with Crippen LogP contribution in [0.3, 0.4) is 0 Å². The molecule has 31 heavy (non-hydrogen) atoms. The summed E-state index contributed by atoms with van der Waals surface area (Å²) in [5.41, 5.74) is 5.57. The molecule has 5 rings (SSSR count). The van der Waals surface area contributed by atoms with Crippen molar-refractivity contribution in [3.63, 3.8) is 0 Å². The molecule has 0 N–H and O–H groups in total. The summed E-state index contributed by atoms with van der Waals surface area (Å²) in [6.45, 7) is 2.31. The summed E-state index contributed by atoms with van der Waals surface area (Å²) >= 11 is 0. The van der Waals surface area contributed by atoms with Crippen LogP contribution in [0.5, 0.6) is 0 Å². The lowest BCUT2D eigenvalue weighted by Crippen LogP contribution is -2.18. The number of nitrogens with zero attached hydrogens (tertiary/aromatic N) is 1. The van der Waals surface area contributed by atoms with Crippen LogP contribution in [0.2, 0.25) is 0 Å². The van der Waals surface area contributed by atoms with Crippen LogP contribution in [0.4, 0.5) is 0 Å². The number of ketones is 1. The molecule has 4 atom stereocenters. The van der Waals surface area contributed by atoms with E-state index in [0.29, 0.717) is 41.8 Å². The number of aliphatic imine (C=N–C) groups is 1. The first-order chi connectivity index (χ1) is 15.2. The first-order valence-electron chi connectivity index (χ1n) is 12.7. The van der Waals surface area contributed by atoms with E-state index in [-0.39, 0.29) is 4.28 Å². The molecule has 1 aliphatic heterocycles. The third-order valence-corrected chi connectivity index (χ3v) is 8.20. The van der Waals surface area contributed by atoms with Gasteiger partial charge >= 0.3 is 0 Å². The van der Waals surface area contributed by atoms with E-state index in [1.54, 1.807) is 0 Å². The monoisotopic (exact) mass is 421 g/mol. The van der Waals surface area contributed by atoms with Crippen LogP contribution < -0.4 is 0 Å². The molecule has 0 radical (unpaired) electrons. The highest BCUT2D eigenvalue weighted by Gasteiger charge is 2.31. The highest BCUT2D eigenvalue weighted by Crippen LogP contribution is 2.44. The second-order valence-corrected chi connectivity index (χ2v) is 10.7. The zero-order chi connectivity index (χ0) is 21.2. The lowest BCUT2D eigenvalue weighted by molar-refractivity contribution is -0.119. The average Bonchev–Trinajstić information content (AvgIpc) is 3.13. The smallest absolute Gasteiger partial charge is 0.137 e. The maximum Gasteiger partial charge on any atom is 0.137 e. The minimum Gasteiger partial charge on any atom is -0.299 e. The summed E-state index contributed by atoms with van der Waals surface area (Å²) in [6.07, 6.45) is 19.6. The molecule has 0 spiro atoms. The summed E-state index contributed by atoms with van der Waals surface area (Å²) in [5.74, 6) is 3.51. The Balaban J connectivity index is 0.00000136. The quantitative estimate of drug-likeness (QED) is 0.458. The molecular weight excluding hydrogens is 378 g/mol. The van der Waals surface area contributed by atoms with Gasteiger partial charge in [0.15, 0.2) is 0 Å². The molecule has 2 nitrogen and oxygen atoms in total. The van der Waals surface area contributed by atoms with Gasteiger partial charge in [-0.1, -0.05) is 69.0 Å². The van der Waals surface area contributed by atoms with Crippen LogP contribution in [0, 0.1) is 23.7 Å². The lowest BCUT2D eigenvalue weighted by atomic mass is 9.75. The van der Waals surface area contributed by atoms with E-state index in [2.05, 4.69) is 49.6 Å². The van der Waals surface area contributed by atoms with Gasteiger partial charge in [-0.15, -0.1) is 0 Å².